The average molecular weight is 389 g/mol. The largest absolute Gasteiger partial charge is 0.490 e. The topological polar surface area (TPSA) is 73.9 Å². The Hall–Kier alpha value is -3.09. The molecule has 0 aromatic heterocycles. The van der Waals surface area contributed by atoms with Crippen molar-refractivity contribution < 1.29 is 28.2 Å². The van der Waals surface area contributed by atoms with E-state index in [2.05, 4.69) is 5.32 Å². The summed E-state index contributed by atoms with van der Waals surface area (Å²) in [5, 5.41) is 2.60. The Labute approximate surface area is 163 Å². The summed E-state index contributed by atoms with van der Waals surface area (Å²) in [6, 6.07) is 13.1. The van der Waals surface area contributed by atoms with Crippen LogP contribution < -0.4 is 14.8 Å². The van der Waals surface area contributed by atoms with Crippen molar-refractivity contribution in [2.24, 2.45) is 0 Å². The van der Waals surface area contributed by atoms with Crippen molar-refractivity contribution >= 4 is 11.9 Å². The Morgan fingerprint density at radius 1 is 1.00 bits per heavy atom. The van der Waals surface area contributed by atoms with E-state index in [1.165, 1.54) is 12.1 Å². The second-order valence-corrected chi connectivity index (χ2v) is 5.90. The molecule has 0 radical (unpaired) electrons. The summed E-state index contributed by atoms with van der Waals surface area (Å²) in [7, 11) is 0. The first-order valence-corrected chi connectivity index (χ1v) is 9.10. The van der Waals surface area contributed by atoms with Crippen LogP contribution in [0.3, 0.4) is 0 Å². The molecule has 0 atom stereocenters. The van der Waals surface area contributed by atoms with E-state index in [9.17, 15) is 14.0 Å². The van der Waals surface area contributed by atoms with E-state index >= 15 is 0 Å². The van der Waals surface area contributed by atoms with Gasteiger partial charge in [-0.25, -0.2) is 4.39 Å². The first-order chi connectivity index (χ1) is 13.6. The number of carbonyl (C=O) groups is 2. The van der Waals surface area contributed by atoms with Crippen LogP contribution in [0.4, 0.5) is 4.39 Å². The standard InChI is InChI=1S/C21H24FNO5/c1-2-26-18-6-3-4-7-19(18)27-13-5-8-21(25)28-15-20(24)23-14-16-9-11-17(22)12-10-16/h3-4,6-7,9-12H,2,5,8,13-15H2,1H3,(H,23,24). The summed E-state index contributed by atoms with van der Waals surface area (Å²) in [5.41, 5.74) is 0.755. The first-order valence-electron chi connectivity index (χ1n) is 9.10. The van der Waals surface area contributed by atoms with Crippen LogP contribution in [0.5, 0.6) is 11.5 Å². The molecule has 0 aliphatic rings. The minimum Gasteiger partial charge on any atom is -0.490 e. The third-order valence-electron chi connectivity index (χ3n) is 3.70. The van der Waals surface area contributed by atoms with Crippen molar-refractivity contribution in [1.29, 1.82) is 0 Å². The molecular formula is C21H24FNO5. The zero-order chi connectivity index (χ0) is 20.2. The number of hydrogen-bond donors (Lipinski definition) is 1. The lowest BCUT2D eigenvalue weighted by Gasteiger charge is -2.11. The molecule has 7 heteroatoms. The molecule has 2 aromatic carbocycles. The highest BCUT2D eigenvalue weighted by Crippen LogP contribution is 2.26. The van der Waals surface area contributed by atoms with Gasteiger partial charge in [0.1, 0.15) is 5.82 Å². The molecular weight excluding hydrogens is 365 g/mol. The Morgan fingerprint density at radius 2 is 1.68 bits per heavy atom. The minimum atomic E-state index is -0.473. The number of amides is 1. The van der Waals surface area contributed by atoms with Crippen molar-refractivity contribution in [3.8, 4) is 11.5 Å². The van der Waals surface area contributed by atoms with Gasteiger partial charge in [-0.15, -0.1) is 0 Å². The van der Waals surface area contributed by atoms with Crippen LogP contribution in [0.15, 0.2) is 48.5 Å². The summed E-state index contributed by atoms with van der Waals surface area (Å²) in [6.45, 7) is 2.65. The van der Waals surface area contributed by atoms with E-state index < -0.39 is 11.9 Å². The zero-order valence-electron chi connectivity index (χ0n) is 15.8. The number of halogens is 1. The van der Waals surface area contributed by atoms with Crippen molar-refractivity contribution in [3.05, 3.63) is 59.9 Å². The van der Waals surface area contributed by atoms with E-state index in [0.717, 1.165) is 5.56 Å². The smallest absolute Gasteiger partial charge is 0.306 e. The first kappa shape index (κ1) is 21.2. The fraction of sp³-hybridized carbons (Fsp3) is 0.333. The Kier molecular flexibility index (Phi) is 8.78. The van der Waals surface area contributed by atoms with Gasteiger partial charge in [0.05, 0.1) is 13.2 Å². The van der Waals surface area contributed by atoms with Gasteiger partial charge in [-0.1, -0.05) is 24.3 Å². The molecule has 0 unspecified atom stereocenters. The number of para-hydroxylation sites is 2. The van der Waals surface area contributed by atoms with E-state index in [0.29, 0.717) is 31.1 Å². The highest BCUT2D eigenvalue weighted by Gasteiger charge is 2.09. The molecule has 2 rings (SSSR count). The third-order valence-corrected chi connectivity index (χ3v) is 3.70. The van der Waals surface area contributed by atoms with Crippen LogP contribution in [0, 0.1) is 5.82 Å². The highest BCUT2D eigenvalue weighted by atomic mass is 19.1. The zero-order valence-corrected chi connectivity index (χ0v) is 15.8. The molecule has 0 saturated heterocycles. The lowest BCUT2D eigenvalue weighted by Crippen LogP contribution is -2.28. The van der Waals surface area contributed by atoms with Gasteiger partial charge in [0, 0.05) is 13.0 Å². The molecule has 0 aliphatic heterocycles. The average Bonchev–Trinajstić information content (AvgIpc) is 2.70. The molecule has 6 nitrogen and oxygen atoms in total. The van der Waals surface area contributed by atoms with Crippen LogP contribution in [0.2, 0.25) is 0 Å². The predicted octanol–water partition coefficient (Wildman–Crippen LogP) is 3.24. The van der Waals surface area contributed by atoms with Crippen molar-refractivity contribution in [1.82, 2.24) is 5.32 Å². The summed E-state index contributed by atoms with van der Waals surface area (Å²) in [5.74, 6) is 0.0517. The highest BCUT2D eigenvalue weighted by molar-refractivity contribution is 5.80. The number of rotatable bonds is 11. The fourth-order valence-electron chi connectivity index (χ4n) is 2.31. The summed E-state index contributed by atoms with van der Waals surface area (Å²) >= 11 is 0. The molecule has 0 bridgehead atoms. The summed E-state index contributed by atoms with van der Waals surface area (Å²) in [6.07, 6.45) is 0.596. The predicted molar refractivity (Wildman–Crippen MR) is 102 cm³/mol. The number of esters is 1. The Balaban J connectivity index is 1.59. The van der Waals surface area contributed by atoms with Gasteiger partial charge in [-0.2, -0.15) is 0 Å². The normalized spacial score (nSPS) is 10.2. The SMILES string of the molecule is CCOc1ccccc1OCCCC(=O)OCC(=O)NCc1ccc(F)cc1. The monoisotopic (exact) mass is 389 g/mol. The van der Waals surface area contributed by atoms with Crippen molar-refractivity contribution in [2.75, 3.05) is 19.8 Å². The Bertz CT molecular complexity index is 764. The van der Waals surface area contributed by atoms with Gasteiger partial charge in [-0.05, 0) is 43.2 Å². The molecule has 150 valence electrons. The second kappa shape index (κ2) is 11.6. The van der Waals surface area contributed by atoms with Crippen LogP contribution in [0.25, 0.3) is 0 Å². The van der Waals surface area contributed by atoms with E-state index in [4.69, 9.17) is 14.2 Å². The third kappa shape index (κ3) is 7.65. The van der Waals surface area contributed by atoms with Gasteiger partial charge in [0.25, 0.3) is 5.91 Å². The molecule has 28 heavy (non-hydrogen) atoms. The van der Waals surface area contributed by atoms with Crippen LogP contribution in [-0.2, 0) is 20.9 Å². The van der Waals surface area contributed by atoms with Gasteiger partial charge >= 0.3 is 5.97 Å². The van der Waals surface area contributed by atoms with E-state index in [-0.39, 0.29) is 25.4 Å². The molecule has 1 amide bonds. The maximum Gasteiger partial charge on any atom is 0.306 e. The van der Waals surface area contributed by atoms with Gasteiger partial charge in [0.2, 0.25) is 0 Å². The number of ether oxygens (including phenoxy) is 3. The summed E-state index contributed by atoms with van der Waals surface area (Å²) in [4.78, 5) is 23.4. The van der Waals surface area contributed by atoms with Gasteiger partial charge in [0.15, 0.2) is 18.1 Å². The number of benzene rings is 2. The lowest BCUT2D eigenvalue weighted by molar-refractivity contribution is -0.148. The minimum absolute atomic E-state index is 0.141. The van der Waals surface area contributed by atoms with Crippen LogP contribution in [-0.4, -0.2) is 31.7 Å². The van der Waals surface area contributed by atoms with Gasteiger partial charge in [-0.3, -0.25) is 9.59 Å². The molecule has 0 fully saturated rings. The fourth-order valence-corrected chi connectivity index (χ4v) is 2.31. The molecule has 0 heterocycles. The molecule has 1 N–H and O–H groups in total. The summed E-state index contributed by atoms with van der Waals surface area (Å²) < 4.78 is 28.8. The maximum absolute atomic E-state index is 12.8. The number of nitrogens with one attached hydrogen (secondary N) is 1. The molecule has 0 spiro atoms. The number of hydrogen-bond acceptors (Lipinski definition) is 5. The molecule has 0 saturated carbocycles. The van der Waals surface area contributed by atoms with E-state index in [1.807, 2.05) is 25.1 Å². The lowest BCUT2D eigenvalue weighted by atomic mass is 10.2. The quantitative estimate of drug-likeness (QED) is 0.472. The van der Waals surface area contributed by atoms with E-state index in [1.54, 1.807) is 18.2 Å². The number of carbonyl (C=O) groups excluding carboxylic acids is 2. The maximum atomic E-state index is 12.8. The van der Waals surface area contributed by atoms with Crippen LogP contribution >= 0.6 is 0 Å². The Morgan fingerprint density at radius 3 is 2.36 bits per heavy atom. The second-order valence-electron chi connectivity index (χ2n) is 5.90. The van der Waals surface area contributed by atoms with Crippen molar-refractivity contribution in [3.63, 3.8) is 0 Å². The van der Waals surface area contributed by atoms with Gasteiger partial charge < -0.3 is 19.5 Å². The van der Waals surface area contributed by atoms with Crippen molar-refractivity contribution in [2.45, 2.75) is 26.3 Å². The van der Waals surface area contributed by atoms with Crippen LogP contribution in [0.1, 0.15) is 25.3 Å². The molecule has 2 aromatic rings. The molecule has 0 aliphatic carbocycles.